The van der Waals surface area contributed by atoms with Crippen molar-refractivity contribution >= 4 is 44.7 Å². The fraction of sp³-hybridized carbons (Fsp3) is 0.222. The monoisotopic (exact) mass is 438 g/mol. The van der Waals surface area contributed by atoms with Gasteiger partial charge in [0.05, 0.1) is 26.1 Å². The molecule has 0 unspecified atom stereocenters. The summed E-state index contributed by atoms with van der Waals surface area (Å²) >= 11 is 7.69. The third-order valence-electron chi connectivity index (χ3n) is 4.13. The van der Waals surface area contributed by atoms with Gasteiger partial charge < -0.3 is 5.32 Å². The third-order valence-corrected chi connectivity index (χ3v) is 7.41. The molecule has 0 saturated carbocycles. The predicted octanol–water partition coefficient (Wildman–Crippen LogP) is 4.07. The summed E-state index contributed by atoms with van der Waals surface area (Å²) in [7, 11) is -3.70. The average Bonchev–Trinajstić information content (AvgIpc) is 3.34. The molecule has 3 aromatic rings. The number of halogens is 1. The molecule has 0 aliphatic carbocycles. The number of amides is 1. The summed E-state index contributed by atoms with van der Waals surface area (Å²) in [4.78, 5) is 13.7. The number of thiophene rings is 1. The van der Waals surface area contributed by atoms with Crippen LogP contribution in [0, 0.1) is 0 Å². The van der Waals surface area contributed by atoms with Crippen LogP contribution >= 0.6 is 22.9 Å². The van der Waals surface area contributed by atoms with Crippen LogP contribution in [0.3, 0.4) is 0 Å². The topological polar surface area (TPSA) is 95.2 Å². The number of rotatable bonds is 7. The number of H-pyrrole nitrogens is 1. The van der Waals surface area contributed by atoms with Crippen LogP contribution < -0.4 is 5.32 Å². The van der Waals surface area contributed by atoms with E-state index >= 15 is 0 Å². The predicted molar refractivity (Wildman–Crippen MR) is 111 cm³/mol. The molecule has 3 rings (SSSR count). The van der Waals surface area contributed by atoms with Crippen molar-refractivity contribution in [3.8, 4) is 10.6 Å². The van der Waals surface area contributed by atoms with Crippen molar-refractivity contribution in [3.63, 3.8) is 0 Å². The average molecular weight is 439 g/mol. The van der Waals surface area contributed by atoms with Crippen LogP contribution in [0.5, 0.6) is 0 Å². The van der Waals surface area contributed by atoms with Crippen LogP contribution in [0.25, 0.3) is 10.6 Å². The van der Waals surface area contributed by atoms with Gasteiger partial charge in [-0.05, 0) is 29.6 Å². The highest BCUT2D eigenvalue weighted by atomic mass is 35.5. The Bertz CT molecular complexity index is 1070. The molecule has 2 N–H and O–H groups in total. The molecule has 0 radical (unpaired) electrons. The highest BCUT2D eigenvalue weighted by Gasteiger charge is 2.24. The van der Waals surface area contributed by atoms with Gasteiger partial charge in [-0.3, -0.25) is 9.89 Å². The molecule has 0 saturated heterocycles. The zero-order chi connectivity index (χ0) is 20.3. The number of hydrogen-bond donors (Lipinski definition) is 2. The smallest absolute Gasteiger partial charge is 0.258 e. The van der Waals surface area contributed by atoms with Crippen molar-refractivity contribution in [2.24, 2.45) is 0 Å². The molecule has 10 heteroatoms. The van der Waals surface area contributed by atoms with E-state index in [0.717, 1.165) is 10.6 Å². The van der Waals surface area contributed by atoms with Gasteiger partial charge in [0, 0.05) is 19.2 Å². The number of anilines is 1. The van der Waals surface area contributed by atoms with E-state index in [4.69, 9.17) is 11.6 Å². The Balaban J connectivity index is 1.86. The second kappa shape index (κ2) is 8.44. The Morgan fingerprint density at radius 1 is 1.25 bits per heavy atom. The number of nitrogens with zero attached hydrogens (tertiary/aromatic N) is 2. The number of carbonyl (C=O) groups excluding carboxylic acids is 1. The fourth-order valence-corrected chi connectivity index (χ4v) is 5.06. The van der Waals surface area contributed by atoms with Crippen LogP contribution in [-0.4, -0.2) is 41.9 Å². The van der Waals surface area contributed by atoms with E-state index in [1.165, 1.54) is 22.5 Å². The normalized spacial score (nSPS) is 11.7. The first-order chi connectivity index (χ1) is 13.4. The first-order valence-electron chi connectivity index (χ1n) is 8.57. The molecule has 0 fully saturated rings. The lowest BCUT2D eigenvalue weighted by Gasteiger charge is -2.19. The molecule has 7 nitrogen and oxygen atoms in total. The van der Waals surface area contributed by atoms with Gasteiger partial charge in [-0.15, -0.1) is 11.3 Å². The van der Waals surface area contributed by atoms with Crippen molar-refractivity contribution in [1.29, 1.82) is 0 Å². The first kappa shape index (κ1) is 20.5. The minimum absolute atomic E-state index is 0.0204. The molecule has 2 heterocycles. The Kier molecular flexibility index (Phi) is 6.19. The summed E-state index contributed by atoms with van der Waals surface area (Å²) in [6.45, 7) is 4.18. The van der Waals surface area contributed by atoms with E-state index in [1.807, 2.05) is 17.5 Å². The van der Waals surface area contributed by atoms with Crippen LogP contribution in [0.15, 0.2) is 46.7 Å². The number of hydrogen-bond acceptors (Lipinski definition) is 5. The second-order valence-corrected chi connectivity index (χ2v) is 9.12. The molecule has 0 atom stereocenters. The fourth-order valence-electron chi connectivity index (χ4n) is 2.68. The number of nitrogens with one attached hydrogen (secondary N) is 2. The van der Waals surface area contributed by atoms with Gasteiger partial charge in [-0.25, -0.2) is 8.42 Å². The molecule has 28 heavy (non-hydrogen) atoms. The molecule has 148 valence electrons. The quantitative estimate of drug-likeness (QED) is 0.581. The summed E-state index contributed by atoms with van der Waals surface area (Å²) in [5.41, 5.74) is 0.838. The van der Waals surface area contributed by atoms with Crippen molar-refractivity contribution in [2.45, 2.75) is 18.7 Å². The summed E-state index contributed by atoms with van der Waals surface area (Å²) in [6, 6.07) is 9.65. The van der Waals surface area contributed by atoms with Gasteiger partial charge in [0.2, 0.25) is 10.0 Å². The number of aromatic nitrogens is 2. The van der Waals surface area contributed by atoms with Crippen LogP contribution in [0.4, 0.5) is 5.82 Å². The Morgan fingerprint density at radius 2 is 2.00 bits per heavy atom. The zero-order valence-electron chi connectivity index (χ0n) is 15.3. The highest BCUT2D eigenvalue weighted by molar-refractivity contribution is 7.89. The Morgan fingerprint density at radius 3 is 2.64 bits per heavy atom. The molecule has 0 aliphatic heterocycles. The van der Waals surface area contributed by atoms with E-state index < -0.39 is 15.9 Å². The zero-order valence-corrected chi connectivity index (χ0v) is 17.7. The maximum Gasteiger partial charge on any atom is 0.258 e. The SMILES string of the molecule is CCN(CC)S(=O)(=O)c1ccc(Cl)c(C(=O)Nc2cc(-c3cccs3)[nH]n2)c1. The molecule has 0 spiro atoms. The lowest BCUT2D eigenvalue weighted by molar-refractivity contribution is 0.102. The maximum atomic E-state index is 12.7. The van der Waals surface area contributed by atoms with Gasteiger partial charge in [-0.2, -0.15) is 9.40 Å². The first-order valence-corrected chi connectivity index (χ1v) is 11.3. The molecule has 0 aliphatic rings. The van der Waals surface area contributed by atoms with Crippen molar-refractivity contribution < 1.29 is 13.2 Å². The van der Waals surface area contributed by atoms with Crippen molar-refractivity contribution in [3.05, 3.63) is 52.4 Å². The second-order valence-electron chi connectivity index (χ2n) is 5.83. The van der Waals surface area contributed by atoms with Gasteiger partial charge in [0.15, 0.2) is 5.82 Å². The van der Waals surface area contributed by atoms with Gasteiger partial charge in [0.25, 0.3) is 5.91 Å². The van der Waals surface area contributed by atoms with Crippen LogP contribution in [-0.2, 0) is 10.0 Å². The largest absolute Gasteiger partial charge is 0.305 e. The lowest BCUT2D eigenvalue weighted by atomic mass is 10.2. The highest BCUT2D eigenvalue weighted by Crippen LogP contribution is 2.26. The minimum Gasteiger partial charge on any atom is -0.305 e. The van der Waals surface area contributed by atoms with Gasteiger partial charge in [-0.1, -0.05) is 31.5 Å². The third kappa shape index (κ3) is 4.12. The van der Waals surface area contributed by atoms with E-state index in [1.54, 1.807) is 31.3 Å². The van der Waals surface area contributed by atoms with Crippen LogP contribution in [0.2, 0.25) is 5.02 Å². The van der Waals surface area contributed by atoms with E-state index in [9.17, 15) is 13.2 Å². The van der Waals surface area contributed by atoms with E-state index in [2.05, 4.69) is 15.5 Å². The van der Waals surface area contributed by atoms with E-state index in [-0.39, 0.29) is 15.5 Å². The molecular weight excluding hydrogens is 420 g/mol. The summed E-state index contributed by atoms with van der Waals surface area (Å²) in [6.07, 6.45) is 0. The number of carbonyl (C=O) groups is 1. The summed E-state index contributed by atoms with van der Waals surface area (Å²) in [5, 5.41) is 11.7. The van der Waals surface area contributed by atoms with Crippen molar-refractivity contribution in [2.75, 3.05) is 18.4 Å². The molecule has 1 amide bonds. The van der Waals surface area contributed by atoms with E-state index in [0.29, 0.717) is 18.9 Å². The molecular formula is C18H19ClN4O3S2. The standard InChI is InChI=1S/C18H19ClN4O3S2/c1-3-23(4-2)28(25,26)12-7-8-14(19)13(10-12)18(24)20-17-11-15(21-22-17)16-6-5-9-27-16/h5-11H,3-4H2,1-2H3,(H2,20,21,22,24). The molecule has 2 aromatic heterocycles. The molecule has 0 bridgehead atoms. The Labute approximate surface area is 172 Å². The number of aromatic amines is 1. The van der Waals surface area contributed by atoms with Crippen molar-refractivity contribution in [1.82, 2.24) is 14.5 Å². The minimum atomic E-state index is -3.70. The Hall–Kier alpha value is -2.20. The number of benzene rings is 1. The molecule has 1 aromatic carbocycles. The van der Waals surface area contributed by atoms with Crippen LogP contribution in [0.1, 0.15) is 24.2 Å². The van der Waals surface area contributed by atoms with Gasteiger partial charge in [0.1, 0.15) is 0 Å². The summed E-state index contributed by atoms with van der Waals surface area (Å²) in [5.74, 6) is -0.215. The summed E-state index contributed by atoms with van der Waals surface area (Å²) < 4.78 is 26.7. The lowest BCUT2D eigenvalue weighted by Crippen LogP contribution is -2.30. The maximum absolute atomic E-state index is 12.7. The van der Waals surface area contributed by atoms with Gasteiger partial charge >= 0.3 is 0 Å². The number of sulfonamides is 1.